The van der Waals surface area contributed by atoms with Gasteiger partial charge in [0, 0.05) is 20.3 Å². The lowest BCUT2D eigenvalue weighted by atomic mass is 9.82. The highest BCUT2D eigenvalue weighted by molar-refractivity contribution is 5.77. The fourth-order valence-electron chi connectivity index (χ4n) is 2.64. The number of methoxy groups -OCH3 is 1. The minimum Gasteiger partial charge on any atom is -0.385 e. The molecule has 0 saturated heterocycles. The van der Waals surface area contributed by atoms with E-state index >= 15 is 0 Å². The van der Waals surface area contributed by atoms with E-state index in [1.54, 1.807) is 7.11 Å². The van der Waals surface area contributed by atoms with Crippen LogP contribution in [0, 0.1) is 11.8 Å². The SMILES string of the molecule is COCCCNC(=O)CNCC1CCCC(C)C1. The van der Waals surface area contributed by atoms with Crippen molar-refractivity contribution in [1.82, 2.24) is 10.6 Å². The first-order chi connectivity index (χ1) is 8.72. The van der Waals surface area contributed by atoms with Crippen LogP contribution < -0.4 is 10.6 Å². The van der Waals surface area contributed by atoms with E-state index < -0.39 is 0 Å². The topological polar surface area (TPSA) is 50.4 Å². The van der Waals surface area contributed by atoms with Crippen LogP contribution in [0.2, 0.25) is 0 Å². The number of hydrogen-bond acceptors (Lipinski definition) is 3. The van der Waals surface area contributed by atoms with Gasteiger partial charge in [0.2, 0.25) is 5.91 Å². The molecule has 0 aromatic heterocycles. The van der Waals surface area contributed by atoms with E-state index in [-0.39, 0.29) is 5.91 Å². The van der Waals surface area contributed by atoms with Crippen molar-refractivity contribution in [2.24, 2.45) is 11.8 Å². The van der Waals surface area contributed by atoms with Crippen molar-refractivity contribution in [3.63, 3.8) is 0 Å². The van der Waals surface area contributed by atoms with Crippen molar-refractivity contribution in [2.45, 2.75) is 39.0 Å². The number of carbonyl (C=O) groups excluding carboxylic acids is 1. The highest BCUT2D eigenvalue weighted by Crippen LogP contribution is 2.27. The molecule has 0 aromatic carbocycles. The molecule has 1 rings (SSSR count). The van der Waals surface area contributed by atoms with E-state index in [0.29, 0.717) is 19.7 Å². The third-order valence-corrected chi connectivity index (χ3v) is 3.61. The standard InChI is InChI=1S/C14H28N2O2/c1-12-5-3-6-13(9-12)10-15-11-14(17)16-7-4-8-18-2/h12-13,15H,3-11H2,1-2H3,(H,16,17). The summed E-state index contributed by atoms with van der Waals surface area (Å²) in [6.45, 7) is 5.16. The molecular formula is C14H28N2O2. The van der Waals surface area contributed by atoms with Crippen LogP contribution in [0.5, 0.6) is 0 Å². The highest BCUT2D eigenvalue weighted by atomic mass is 16.5. The zero-order chi connectivity index (χ0) is 13.2. The molecule has 0 aliphatic heterocycles. The molecule has 1 aliphatic rings. The Kier molecular flexibility index (Phi) is 8.01. The van der Waals surface area contributed by atoms with Crippen LogP contribution in [0.4, 0.5) is 0 Å². The second kappa shape index (κ2) is 9.34. The number of hydrogen-bond donors (Lipinski definition) is 2. The van der Waals surface area contributed by atoms with Gasteiger partial charge in [-0.1, -0.05) is 19.8 Å². The summed E-state index contributed by atoms with van der Waals surface area (Å²) in [7, 11) is 1.68. The summed E-state index contributed by atoms with van der Waals surface area (Å²) in [6.07, 6.45) is 6.21. The molecule has 2 N–H and O–H groups in total. The first-order valence-corrected chi connectivity index (χ1v) is 7.18. The maximum Gasteiger partial charge on any atom is 0.233 e. The lowest BCUT2D eigenvalue weighted by Crippen LogP contribution is -2.37. The Hall–Kier alpha value is -0.610. The predicted octanol–water partition coefficient (Wildman–Crippen LogP) is 1.55. The van der Waals surface area contributed by atoms with Crippen LogP contribution in [0.3, 0.4) is 0 Å². The van der Waals surface area contributed by atoms with Crippen LogP contribution in [0.15, 0.2) is 0 Å². The van der Waals surface area contributed by atoms with Gasteiger partial charge in [0.25, 0.3) is 0 Å². The van der Waals surface area contributed by atoms with Gasteiger partial charge in [0.05, 0.1) is 6.54 Å². The summed E-state index contributed by atoms with van der Waals surface area (Å²) in [5.74, 6) is 1.71. The summed E-state index contributed by atoms with van der Waals surface area (Å²) in [6, 6.07) is 0. The molecule has 2 atom stereocenters. The number of amides is 1. The van der Waals surface area contributed by atoms with Gasteiger partial charge in [0.1, 0.15) is 0 Å². The molecule has 0 aromatic rings. The van der Waals surface area contributed by atoms with Crippen molar-refractivity contribution in [3.8, 4) is 0 Å². The molecule has 106 valence electrons. The monoisotopic (exact) mass is 256 g/mol. The molecule has 0 bridgehead atoms. The Morgan fingerprint density at radius 3 is 2.94 bits per heavy atom. The Bertz CT molecular complexity index is 234. The van der Waals surface area contributed by atoms with Gasteiger partial charge in [-0.3, -0.25) is 4.79 Å². The maximum absolute atomic E-state index is 11.5. The number of ether oxygens (including phenoxy) is 1. The lowest BCUT2D eigenvalue weighted by molar-refractivity contribution is -0.120. The van der Waals surface area contributed by atoms with E-state index in [2.05, 4.69) is 17.6 Å². The van der Waals surface area contributed by atoms with Gasteiger partial charge in [-0.15, -0.1) is 0 Å². The van der Waals surface area contributed by atoms with Crippen LogP contribution in [-0.2, 0) is 9.53 Å². The van der Waals surface area contributed by atoms with E-state index in [0.717, 1.165) is 24.8 Å². The molecule has 0 spiro atoms. The third kappa shape index (κ3) is 6.97. The fraction of sp³-hybridized carbons (Fsp3) is 0.929. The molecular weight excluding hydrogens is 228 g/mol. The first-order valence-electron chi connectivity index (χ1n) is 7.18. The molecule has 1 amide bonds. The van der Waals surface area contributed by atoms with Crippen molar-refractivity contribution in [3.05, 3.63) is 0 Å². The van der Waals surface area contributed by atoms with Crippen LogP contribution in [0.1, 0.15) is 39.0 Å². The van der Waals surface area contributed by atoms with E-state index in [1.807, 2.05) is 0 Å². The van der Waals surface area contributed by atoms with Gasteiger partial charge in [-0.2, -0.15) is 0 Å². The zero-order valence-electron chi connectivity index (χ0n) is 11.8. The van der Waals surface area contributed by atoms with Crippen molar-refractivity contribution < 1.29 is 9.53 Å². The summed E-state index contributed by atoms with van der Waals surface area (Å²) in [5.41, 5.74) is 0. The Morgan fingerprint density at radius 2 is 2.22 bits per heavy atom. The zero-order valence-corrected chi connectivity index (χ0v) is 11.8. The fourth-order valence-corrected chi connectivity index (χ4v) is 2.64. The van der Waals surface area contributed by atoms with Crippen LogP contribution in [0.25, 0.3) is 0 Å². The largest absolute Gasteiger partial charge is 0.385 e. The van der Waals surface area contributed by atoms with Crippen molar-refractivity contribution in [1.29, 1.82) is 0 Å². The minimum absolute atomic E-state index is 0.0926. The van der Waals surface area contributed by atoms with Crippen molar-refractivity contribution in [2.75, 3.05) is 33.4 Å². The molecule has 0 radical (unpaired) electrons. The van der Waals surface area contributed by atoms with Gasteiger partial charge < -0.3 is 15.4 Å². The van der Waals surface area contributed by atoms with Crippen molar-refractivity contribution >= 4 is 5.91 Å². The molecule has 2 unspecified atom stereocenters. The molecule has 0 heterocycles. The molecule has 1 fully saturated rings. The number of carbonyl (C=O) groups is 1. The van der Waals surface area contributed by atoms with Crippen LogP contribution >= 0.6 is 0 Å². The summed E-state index contributed by atoms with van der Waals surface area (Å²) < 4.78 is 4.93. The second-order valence-electron chi connectivity index (χ2n) is 5.47. The molecule has 4 nitrogen and oxygen atoms in total. The Morgan fingerprint density at radius 1 is 1.39 bits per heavy atom. The van der Waals surface area contributed by atoms with E-state index in [9.17, 15) is 4.79 Å². The number of rotatable bonds is 8. The van der Waals surface area contributed by atoms with Crippen LogP contribution in [-0.4, -0.2) is 39.3 Å². The Labute approximate surface area is 111 Å². The molecule has 4 heteroatoms. The normalized spacial score (nSPS) is 23.9. The lowest BCUT2D eigenvalue weighted by Gasteiger charge is -2.26. The summed E-state index contributed by atoms with van der Waals surface area (Å²) in [4.78, 5) is 11.5. The quantitative estimate of drug-likeness (QED) is 0.648. The van der Waals surface area contributed by atoms with Gasteiger partial charge in [0.15, 0.2) is 0 Å². The second-order valence-corrected chi connectivity index (χ2v) is 5.47. The summed E-state index contributed by atoms with van der Waals surface area (Å²) in [5, 5.41) is 6.16. The first kappa shape index (κ1) is 15.4. The van der Waals surface area contributed by atoms with E-state index in [1.165, 1.54) is 25.7 Å². The summed E-state index contributed by atoms with van der Waals surface area (Å²) >= 11 is 0. The third-order valence-electron chi connectivity index (χ3n) is 3.61. The molecule has 1 saturated carbocycles. The molecule has 18 heavy (non-hydrogen) atoms. The van der Waals surface area contributed by atoms with E-state index in [4.69, 9.17) is 4.74 Å². The molecule has 1 aliphatic carbocycles. The predicted molar refractivity (Wildman–Crippen MR) is 73.5 cm³/mol. The maximum atomic E-state index is 11.5. The smallest absolute Gasteiger partial charge is 0.233 e. The highest BCUT2D eigenvalue weighted by Gasteiger charge is 2.18. The minimum atomic E-state index is 0.0926. The number of nitrogens with one attached hydrogen (secondary N) is 2. The average Bonchev–Trinajstić information content (AvgIpc) is 2.35. The Balaban J connectivity index is 1.97. The average molecular weight is 256 g/mol. The van der Waals surface area contributed by atoms with Gasteiger partial charge in [-0.05, 0) is 37.6 Å². The van der Waals surface area contributed by atoms with Gasteiger partial charge >= 0.3 is 0 Å². The van der Waals surface area contributed by atoms with Gasteiger partial charge in [-0.25, -0.2) is 0 Å².